The molecule has 29 heavy (non-hydrogen) atoms. The monoisotopic (exact) mass is 416 g/mol. The predicted molar refractivity (Wildman–Crippen MR) is 112 cm³/mol. The highest BCUT2D eigenvalue weighted by Gasteiger charge is 2.18. The Kier molecular flexibility index (Phi) is 7.02. The summed E-state index contributed by atoms with van der Waals surface area (Å²) in [6.07, 6.45) is 4.02. The first-order valence-electron chi connectivity index (χ1n) is 9.04. The van der Waals surface area contributed by atoms with Crippen LogP contribution in [-0.4, -0.2) is 38.8 Å². The molecule has 0 unspecified atom stereocenters. The summed E-state index contributed by atoms with van der Waals surface area (Å²) in [5.41, 5.74) is 1.48. The number of methoxy groups -OCH3 is 3. The zero-order valence-corrected chi connectivity index (χ0v) is 17.5. The Morgan fingerprint density at radius 2 is 1.90 bits per heavy atom. The summed E-state index contributed by atoms with van der Waals surface area (Å²) in [4.78, 5) is 16.0. The van der Waals surface area contributed by atoms with Gasteiger partial charge in [0.25, 0.3) is 0 Å². The summed E-state index contributed by atoms with van der Waals surface area (Å²) in [6.45, 7) is 1.01. The van der Waals surface area contributed by atoms with E-state index in [1.807, 2.05) is 17.5 Å². The molecule has 2 aromatic heterocycles. The van der Waals surface area contributed by atoms with Gasteiger partial charge in [0, 0.05) is 29.1 Å². The third-order valence-corrected chi connectivity index (χ3v) is 5.30. The highest BCUT2D eigenvalue weighted by molar-refractivity contribution is 7.09. The van der Waals surface area contributed by atoms with Crippen LogP contribution in [0.3, 0.4) is 0 Å². The standard InChI is InChI=1S/C21H24N2O5S/c1-25-18-11-16(12-19(26-2)20(18)27-3)22-21(24)23(13-15-7-9-28-14-15)8-6-17-5-4-10-29-17/h4-5,7,9-12,14H,6,8,13H2,1-3H3,(H,22,24). The molecule has 0 saturated heterocycles. The van der Waals surface area contributed by atoms with Gasteiger partial charge in [-0.15, -0.1) is 11.3 Å². The van der Waals surface area contributed by atoms with Crippen molar-refractivity contribution in [1.82, 2.24) is 4.90 Å². The lowest BCUT2D eigenvalue weighted by Crippen LogP contribution is -2.35. The number of ether oxygens (including phenoxy) is 3. The molecule has 2 amide bonds. The van der Waals surface area contributed by atoms with Crippen molar-refractivity contribution in [2.75, 3.05) is 33.2 Å². The Hall–Kier alpha value is -3.13. The minimum absolute atomic E-state index is 0.225. The van der Waals surface area contributed by atoms with Crippen molar-refractivity contribution in [3.05, 3.63) is 58.7 Å². The molecule has 0 atom stereocenters. The first-order chi connectivity index (χ1) is 14.1. The van der Waals surface area contributed by atoms with E-state index in [-0.39, 0.29) is 6.03 Å². The van der Waals surface area contributed by atoms with Crippen LogP contribution in [0.4, 0.5) is 10.5 Å². The second-order valence-electron chi connectivity index (χ2n) is 6.23. The number of hydrogen-bond donors (Lipinski definition) is 1. The number of thiophene rings is 1. The molecule has 3 rings (SSSR count). The summed E-state index contributed by atoms with van der Waals surface area (Å²) >= 11 is 1.68. The van der Waals surface area contributed by atoms with Gasteiger partial charge in [-0.25, -0.2) is 4.79 Å². The first-order valence-corrected chi connectivity index (χ1v) is 9.92. The lowest BCUT2D eigenvalue weighted by atomic mass is 10.2. The Morgan fingerprint density at radius 3 is 2.45 bits per heavy atom. The van der Waals surface area contributed by atoms with Crippen LogP contribution in [0, 0.1) is 0 Å². The number of furan rings is 1. The van der Waals surface area contributed by atoms with Crippen molar-refractivity contribution in [2.24, 2.45) is 0 Å². The molecule has 1 N–H and O–H groups in total. The Bertz CT molecular complexity index is 884. The number of carbonyl (C=O) groups excluding carboxylic acids is 1. The molecule has 154 valence electrons. The minimum atomic E-state index is -0.225. The zero-order valence-electron chi connectivity index (χ0n) is 16.6. The maximum absolute atomic E-state index is 13.0. The molecule has 0 aliphatic heterocycles. The van der Waals surface area contributed by atoms with E-state index in [0.717, 1.165) is 12.0 Å². The summed E-state index contributed by atoms with van der Waals surface area (Å²) in [6, 6.07) is 9.11. The first kappa shape index (κ1) is 20.6. The van der Waals surface area contributed by atoms with E-state index in [1.165, 1.54) is 26.2 Å². The van der Waals surface area contributed by atoms with Crippen LogP contribution in [0.25, 0.3) is 0 Å². The van der Waals surface area contributed by atoms with Gasteiger partial charge < -0.3 is 28.8 Å². The molecule has 1 aromatic carbocycles. The van der Waals surface area contributed by atoms with Crippen LogP contribution in [0.5, 0.6) is 17.2 Å². The fourth-order valence-corrected chi connectivity index (χ4v) is 3.61. The molecule has 0 fully saturated rings. The van der Waals surface area contributed by atoms with Crippen molar-refractivity contribution in [3.8, 4) is 17.2 Å². The number of benzene rings is 1. The average molecular weight is 416 g/mol. The maximum atomic E-state index is 13.0. The largest absolute Gasteiger partial charge is 0.493 e. The normalized spacial score (nSPS) is 10.4. The van der Waals surface area contributed by atoms with Gasteiger partial charge in [-0.05, 0) is 23.9 Å². The van der Waals surface area contributed by atoms with Crippen LogP contribution in [0.1, 0.15) is 10.4 Å². The van der Waals surface area contributed by atoms with Gasteiger partial charge in [-0.3, -0.25) is 0 Å². The molecular weight excluding hydrogens is 392 g/mol. The van der Waals surface area contributed by atoms with Gasteiger partial charge in [0.15, 0.2) is 11.5 Å². The van der Waals surface area contributed by atoms with Crippen LogP contribution >= 0.6 is 11.3 Å². The van der Waals surface area contributed by atoms with Crippen molar-refractivity contribution >= 4 is 23.1 Å². The smallest absolute Gasteiger partial charge is 0.322 e. The summed E-state index contributed by atoms with van der Waals surface area (Å²) in [7, 11) is 4.61. The van der Waals surface area contributed by atoms with Crippen LogP contribution in [-0.2, 0) is 13.0 Å². The van der Waals surface area contributed by atoms with Crippen LogP contribution in [0.2, 0.25) is 0 Å². The molecule has 0 aliphatic rings. The SMILES string of the molecule is COc1cc(NC(=O)N(CCc2cccs2)Cc2ccoc2)cc(OC)c1OC. The van der Waals surface area contributed by atoms with Crippen molar-refractivity contribution in [1.29, 1.82) is 0 Å². The molecule has 0 bridgehead atoms. The molecule has 3 aromatic rings. The number of rotatable bonds is 9. The lowest BCUT2D eigenvalue weighted by molar-refractivity contribution is 0.210. The van der Waals surface area contributed by atoms with Gasteiger partial charge in [0.1, 0.15) is 0 Å². The molecule has 8 heteroatoms. The molecule has 2 heterocycles. The molecular formula is C21H24N2O5S. The number of nitrogens with one attached hydrogen (secondary N) is 1. The average Bonchev–Trinajstić information content (AvgIpc) is 3.44. The van der Waals surface area contributed by atoms with E-state index in [1.54, 1.807) is 40.9 Å². The summed E-state index contributed by atoms with van der Waals surface area (Å²) in [5.74, 6) is 1.42. The van der Waals surface area contributed by atoms with Gasteiger partial charge in [-0.1, -0.05) is 6.07 Å². The third-order valence-electron chi connectivity index (χ3n) is 4.36. The molecule has 7 nitrogen and oxygen atoms in total. The van der Waals surface area contributed by atoms with Crippen LogP contribution < -0.4 is 19.5 Å². The highest BCUT2D eigenvalue weighted by atomic mass is 32.1. The number of carbonyl (C=O) groups is 1. The minimum Gasteiger partial charge on any atom is -0.493 e. The number of anilines is 1. The third kappa shape index (κ3) is 5.23. The number of hydrogen-bond acceptors (Lipinski definition) is 6. The van der Waals surface area contributed by atoms with Crippen LogP contribution in [0.15, 0.2) is 52.7 Å². The molecule has 0 radical (unpaired) electrons. The van der Waals surface area contributed by atoms with Crippen molar-refractivity contribution in [2.45, 2.75) is 13.0 Å². The fraction of sp³-hybridized carbons (Fsp3) is 0.286. The number of nitrogens with zero attached hydrogens (tertiary/aromatic N) is 1. The van der Waals surface area contributed by atoms with Gasteiger partial charge in [0.2, 0.25) is 5.75 Å². The maximum Gasteiger partial charge on any atom is 0.322 e. The number of amides is 2. The Balaban J connectivity index is 1.77. The van der Waals surface area contributed by atoms with E-state index in [0.29, 0.717) is 36.0 Å². The quantitative estimate of drug-likeness (QED) is 0.550. The van der Waals surface area contributed by atoms with Gasteiger partial charge in [0.05, 0.1) is 46.1 Å². The predicted octanol–water partition coefficient (Wildman–Crippen LogP) is 4.64. The zero-order chi connectivity index (χ0) is 20.6. The van der Waals surface area contributed by atoms with Crippen molar-refractivity contribution in [3.63, 3.8) is 0 Å². The number of urea groups is 1. The Morgan fingerprint density at radius 1 is 1.14 bits per heavy atom. The lowest BCUT2D eigenvalue weighted by Gasteiger charge is -2.23. The molecule has 0 saturated carbocycles. The summed E-state index contributed by atoms with van der Waals surface area (Å²) in [5, 5.41) is 4.96. The van der Waals surface area contributed by atoms with E-state index < -0.39 is 0 Å². The second-order valence-corrected chi connectivity index (χ2v) is 7.26. The van der Waals surface area contributed by atoms with E-state index in [9.17, 15) is 4.79 Å². The second kappa shape index (κ2) is 9.88. The fourth-order valence-electron chi connectivity index (χ4n) is 2.91. The van der Waals surface area contributed by atoms with E-state index in [4.69, 9.17) is 18.6 Å². The molecule has 0 spiro atoms. The molecule has 0 aliphatic carbocycles. The van der Waals surface area contributed by atoms with E-state index >= 15 is 0 Å². The van der Waals surface area contributed by atoms with Gasteiger partial charge >= 0.3 is 6.03 Å². The van der Waals surface area contributed by atoms with E-state index in [2.05, 4.69) is 11.4 Å². The Labute approximate surface area is 173 Å². The highest BCUT2D eigenvalue weighted by Crippen LogP contribution is 2.40. The van der Waals surface area contributed by atoms with Gasteiger partial charge in [-0.2, -0.15) is 0 Å². The summed E-state index contributed by atoms with van der Waals surface area (Å²) < 4.78 is 21.2. The van der Waals surface area contributed by atoms with Crippen molar-refractivity contribution < 1.29 is 23.4 Å². The topological polar surface area (TPSA) is 73.2 Å².